The van der Waals surface area contributed by atoms with Crippen molar-refractivity contribution in [2.45, 2.75) is 39.2 Å². The van der Waals surface area contributed by atoms with Crippen LogP contribution in [0.1, 0.15) is 32.3 Å². The molecule has 2 atom stereocenters. The van der Waals surface area contributed by atoms with Crippen molar-refractivity contribution in [1.82, 2.24) is 10.8 Å². The quantitative estimate of drug-likeness (QED) is 0.401. The van der Waals surface area contributed by atoms with Crippen LogP contribution in [0.3, 0.4) is 0 Å². The summed E-state index contributed by atoms with van der Waals surface area (Å²) in [6, 6.07) is 7.91. The summed E-state index contributed by atoms with van der Waals surface area (Å²) < 4.78 is 0. The van der Waals surface area contributed by atoms with Gasteiger partial charge in [0.05, 0.1) is 0 Å². The fourth-order valence-corrected chi connectivity index (χ4v) is 2.46. The van der Waals surface area contributed by atoms with Crippen LogP contribution in [-0.4, -0.2) is 34.1 Å². The monoisotopic (exact) mass is 336 g/mol. The molecule has 24 heavy (non-hydrogen) atoms. The van der Waals surface area contributed by atoms with Gasteiger partial charge in [0, 0.05) is 18.8 Å². The van der Waals surface area contributed by atoms with Crippen molar-refractivity contribution in [3.05, 3.63) is 35.9 Å². The Kier molecular flexibility index (Phi) is 7.91. The van der Waals surface area contributed by atoms with E-state index in [-0.39, 0.29) is 18.8 Å². The van der Waals surface area contributed by atoms with Gasteiger partial charge in [-0.25, -0.2) is 10.3 Å². The van der Waals surface area contributed by atoms with Gasteiger partial charge in [-0.3, -0.25) is 14.8 Å². The van der Waals surface area contributed by atoms with E-state index in [4.69, 9.17) is 5.21 Å². The molecule has 7 heteroatoms. The fraction of sp³-hybridized carbons (Fsp3) is 0.471. The van der Waals surface area contributed by atoms with Gasteiger partial charge in [-0.15, -0.1) is 0 Å². The minimum atomic E-state index is -1.14. The number of aliphatic carboxylic acids is 1. The lowest BCUT2D eigenvalue weighted by Gasteiger charge is -2.21. The maximum absolute atomic E-state index is 12.4. The Hall–Kier alpha value is -2.41. The third-order valence-corrected chi connectivity index (χ3v) is 3.58. The third kappa shape index (κ3) is 6.78. The van der Waals surface area contributed by atoms with Crippen molar-refractivity contribution in [2.75, 3.05) is 0 Å². The summed E-state index contributed by atoms with van der Waals surface area (Å²) in [5, 5.41) is 20.5. The van der Waals surface area contributed by atoms with E-state index in [1.165, 1.54) is 5.48 Å². The first-order valence-electron chi connectivity index (χ1n) is 7.83. The Labute approximate surface area is 141 Å². The number of benzene rings is 1. The highest BCUT2D eigenvalue weighted by Crippen LogP contribution is 2.16. The lowest BCUT2D eigenvalue weighted by Crippen LogP contribution is -2.46. The molecule has 0 saturated carbocycles. The molecule has 1 rings (SSSR count). The normalized spacial score (nSPS) is 13.2. The van der Waals surface area contributed by atoms with Crippen molar-refractivity contribution in [3.8, 4) is 0 Å². The summed E-state index contributed by atoms with van der Waals surface area (Å²) in [5.74, 6) is -2.87. The van der Waals surface area contributed by atoms with Gasteiger partial charge in [-0.05, 0) is 17.9 Å². The van der Waals surface area contributed by atoms with E-state index in [1.54, 1.807) is 24.3 Å². The molecule has 4 N–H and O–H groups in total. The van der Waals surface area contributed by atoms with Crippen molar-refractivity contribution in [2.24, 2.45) is 11.8 Å². The van der Waals surface area contributed by atoms with Crippen LogP contribution in [0, 0.1) is 11.8 Å². The van der Waals surface area contributed by atoms with E-state index >= 15 is 0 Å². The zero-order chi connectivity index (χ0) is 18.1. The molecule has 0 aliphatic heterocycles. The molecule has 7 nitrogen and oxygen atoms in total. The molecule has 0 unspecified atom stereocenters. The van der Waals surface area contributed by atoms with Gasteiger partial charge in [-0.1, -0.05) is 44.2 Å². The molecule has 0 radical (unpaired) electrons. The molecule has 0 aliphatic rings. The van der Waals surface area contributed by atoms with Crippen molar-refractivity contribution in [3.63, 3.8) is 0 Å². The number of hydrogen-bond donors (Lipinski definition) is 4. The molecule has 0 fully saturated rings. The second kappa shape index (κ2) is 9.67. The number of carboxylic acids is 1. The maximum Gasteiger partial charge on any atom is 0.326 e. The minimum absolute atomic E-state index is 0.143. The van der Waals surface area contributed by atoms with E-state index in [0.717, 1.165) is 5.56 Å². The second-order valence-electron chi connectivity index (χ2n) is 6.15. The number of hydroxylamine groups is 1. The van der Waals surface area contributed by atoms with E-state index in [1.807, 2.05) is 19.9 Å². The SMILES string of the molecule is CC(C)C[C@H](CC(=O)NO)C(=O)N[C@@H](Cc1ccccc1)C(=O)O. The predicted molar refractivity (Wildman–Crippen MR) is 87.2 cm³/mol. The number of rotatable bonds is 9. The van der Waals surface area contributed by atoms with E-state index in [0.29, 0.717) is 6.42 Å². The standard InChI is InChI=1S/C17H24N2O5/c1-11(2)8-13(10-15(20)19-24)16(21)18-14(17(22)23)9-12-6-4-3-5-7-12/h3-7,11,13-14,24H,8-10H2,1-2H3,(H,18,21)(H,19,20)(H,22,23)/t13-,14+/m1/s1. The Morgan fingerprint density at radius 2 is 1.75 bits per heavy atom. The van der Waals surface area contributed by atoms with Crippen LogP contribution in [0.4, 0.5) is 0 Å². The highest BCUT2D eigenvalue weighted by atomic mass is 16.5. The van der Waals surface area contributed by atoms with E-state index in [2.05, 4.69) is 5.32 Å². The Balaban J connectivity index is 2.79. The summed E-state index contributed by atoms with van der Waals surface area (Å²) in [6.45, 7) is 3.80. The van der Waals surface area contributed by atoms with Gasteiger partial charge in [0.2, 0.25) is 11.8 Å². The van der Waals surface area contributed by atoms with Crippen LogP contribution in [0.2, 0.25) is 0 Å². The lowest BCUT2D eigenvalue weighted by atomic mass is 9.92. The average Bonchev–Trinajstić information content (AvgIpc) is 2.53. The Morgan fingerprint density at radius 1 is 1.12 bits per heavy atom. The average molecular weight is 336 g/mol. The number of carbonyl (C=O) groups excluding carboxylic acids is 2. The van der Waals surface area contributed by atoms with Gasteiger partial charge in [-0.2, -0.15) is 0 Å². The summed E-state index contributed by atoms with van der Waals surface area (Å²) in [7, 11) is 0. The number of carbonyl (C=O) groups is 3. The smallest absolute Gasteiger partial charge is 0.326 e. The molecule has 0 spiro atoms. The number of carboxylic acid groups (broad SMARTS) is 1. The van der Waals surface area contributed by atoms with Crippen molar-refractivity contribution < 1.29 is 24.7 Å². The molecule has 132 valence electrons. The van der Waals surface area contributed by atoms with Crippen LogP contribution in [-0.2, 0) is 20.8 Å². The molecular formula is C17H24N2O5. The maximum atomic E-state index is 12.4. The minimum Gasteiger partial charge on any atom is -0.480 e. The van der Waals surface area contributed by atoms with Crippen LogP contribution < -0.4 is 10.8 Å². The summed E-state index contributed by atoms with van der Waals surface area (Å²) in [4.78, 5) is 35.2. The first-order valence-corrected chi connectivity index (χ1v) is 7.83. The Morgan fingerprint density at radius 3 is 2.25 bits per heavy atom. The van der Waals surface area contributed by atoms with Crippen LogP contribution in [0.5, 0.6) is 0 Å². The first-order chi connectivity index (χ1) is 11.3. The lowest BCUT2D eigenvalue weighted by molar-refractivity contribution is -0.143. The van der Waals surface area contributed by atoms with Gasteiger partial charge >= 0.3 is 5.97 Å². The molecular weight excluding hydrogens is 312 g/mol. The topological polar surface area (TPSA) is 116 Å². The van der Waals surface area contributed by atoms with Crippen LogP contribution in [0.15, 0.2) is 30.3 Å². The zero-order valence-corrected chi connectivity index (χ0v) is 13.9. The summed E-state index contributed by atoms with van der Waals surface area (Å²) in [5.41, 5.74) is 2.29. The zero-order valence-electron chi connectivity index (χ0n) is 13.9. The molecule has 0 aliphatic carbocycles. The van der Waals surface area contributed by atoms with Crippen LogP contribution >= 0.6 is 0 Å². The fourth-order valence-electron chi connectivity index (χ4n) is 2.46. The summed E-state index contributed by atoms with van der Waals surface area (Å²) in [6.07, 6.45) is 0.373. The molecule has 0 bridgehead atoms. The largest absolute Gasteiger partial charge is 0.480 e. The number of nitrogens with one attached hydrogen (secondary N) is 2. The molecule has 0 heterocycles. The van der Waals surface area contributed by atoms with Gasteiger partial charge in [0.15, 0.2) is 0 Å². The first kappa shape index (κ1) is 19.6. The predicted octanol–water partition coefficient (Wildman–Crippen LogP) is 1.36. The van der Waals surface area contributed by atoms with E-state index in [9.17, 15) is 19.5 Å². The molecule has 0 saturated heterocycles. The van der Waals surface area contributed by atoms with Gasteiger partial charge < -0.3 is 10.4 Å². The second-order valence-corrected chi connectivity index (χ2v) is 6.15. The van der Waals surface area contributed by atoms with Gasteiger partial charge in [0.25, 0.3) is 0 Å². The molecule has 1 aromatic carbocycles. The Bertz CT molecular complexity index is 559. The number of hydrogen-bond acceptors (Lipinski definition) is 4. The van der Waals surface area contributed by atoms with Crippen LogP contribution in [0.25, 0.3) is 0 Å². The van der Waals surface area contributed by atoms with Crippen molar-refractivity contribution in [1.29, 1.82) is 0 Å². The van der Waals surface area contributed by atoms with E-state index < -0.39 is 29.7 Å². The highest BCUT2D eigenvalue weighted by Gasteiger charge is 2.27. The molecule has 1 aromatic rings. The van der Waals surface area contributed by atoms with Crippen molar-refractivity contribution >= 4 is 17.8 Å². The molecule has 2 amide bonds. The summed E-state index contributed by atoms with van der Waals surface area (Å²) >= 11 is 0. The third-order valence-electron chi connectivity index (χ3n) is 3.58. The number of amides is 2. The highest BCUT2D eigenvalue weighted by molar-refractivity contribution is 5.88. The van der Waals surface area contributed by atoms with Gasteiger partial charge in [0.1, 0.15) is 6.04 Å². The molecule has 0 aromatic heterocycles.